The lowest BCUT2D eigenvalue weighted by Gasteiger charge is -2.11. The Balaban J connectivity index is 2.67. The molecule has 6 heteroatoms. The van der Waals surface area contributed by atoms with E-state index in [0.29, 0.717) is 16.3 Å². The number of amides is 1. The first-order chi connectivity index (χ1) is 9.52. The van der Waals surface area contributed by atoms with Crippen LogP contribution in [-0.2, 0) is 11.3 Å². The molecule has 0 spiro atoms. The van der Waals surface area contributed by atoms with Crippen molar-refractivity contribution in [1.29, 1.82) is 5.26 Å². The van der Waals surface area contributed by atoms with E-state index in [9.17, 15) is 9.59 Å². The van der Waals surface area contributed by atoms with Gasteiger partial charge in [-0.25, -0.2) is 0 Å². The highest BCUT2D eigenvalue weighted by molar-refractivity contribution is 6.30. The lowest BCUT2D eigenvalue weighted by atomic mass is 10.1. The van der Waals surface area contributed by atoms with Gasteiger partial charge in [0.15, 0.2) is 0 Å². The molecule has 0 saturated heterocycles. The molecule has 0 unspecified atom stereocenters. The van der Waals surface area contributed by atoms with Gasteiger partial charge < -0.3 is 5.73 Å². The summed E-state index contributed by atoms with van der Waals surface area (Å²) in [6.45, 7) is -0.285. The smallest absolute Gasteiger partial charge is 0.269 e. The van der Waals surface area contributed by atoms with E-state index in [1.807, 2.05) is 0 Å². The van der Waals surface area contributed by atoms with Crippen molar-refractivity contribution in [2.24, 2.45) is 5.73 Å². The molecule has 100 valence electrons. The maximum Gasteiger partial charge on any atom is 0.269 e. The van der Waals surface area contributed by atoms with Crippen molar-refractivity contribution in [3.63, 3.8) is 0 Å². The Morgan fingerprint density at radius 1 is 1.25 bits per heavy atom. The van der Waals surface area contributed by atoms with Gasteiger partial charge in [-0.15, -0.1) is 0 Å². The number of hydrogen-bond acceptors (Lipinski definition) is 3. The van der Waals surface area contributed by atoms with Gasteiger partial charge in [-0.1, -0.05) is 23.7 Å². The zero-order valence-electron chi connectivity index (χ0n) is 10.3. The van der Waals surface area contributed by atoms with Gasteiger partial charge in [0.1, 0.15) is 18.2 Å². The van der Waals surface area contributed by atoms with Crippen LogP contribution >= 0.6 is 11.6 Å². The van der Waals surface area contributed by atoms with Crippen LogP contribution in [0.4, 0.5) is 0 Å². The molecule has 0 aliphatic heterocycles. The quantitative estimate of drug-likeness (QED) is 0.928. The molecule has 1 heterocycles. The molecule has 0 aliphatic rings. The lowest BCUT2D eigenvalue weighted by Crippen LogP contribution is -2.30. The van der Waals surface area contributed by atoms with Crippen LogP contribution in [0.5, 0.6) is 0 Å². The Labute approximate surface area is 119 Å². The number of aromatic nitrogens is 1. The minimum Gasteiger partial charge on any atom is -0.368 e. The molecule has 20 heavy (non-hydrogen) atoms. The van der Waals surface area contributed by atoms with E-state index in [0.717, 1.165) is 0 Å². The molecule has 1 amide bonds. The second-order valence-electron chi connectivity index (χ2n) is 4.11. The van der Waals surface area contributed by atoms with Gasteiger partial charge >= 0.3 is 0 Å². The van der Waals surface area contributed by atoms with Gasteiger partial charge in [0.25, 0.3) is 5.56 Å². The summed E-state index contributed by atoms with van der Waals surface area (Å²) >= 11 is 5.82. The largest absolute Gasteiger partial charge is 0.368 e. The average Bonchev–Trinajstić information content (AvgIpc) is 2.42. The Morgan fingerprint density at radius 3 is 2.45 bits per heavy atom. The molecule has 2 aromatic rings. The first-order valence-corrected chi connectivity index (χ1v) is 6.09. The second-order valence-corrected chi connectivity index (χ2v) is 4.54. The Bertz CT molecular complexity index is 757. The summed E-state index contributed by atoms with van der Waals surface area (Å²) in [5.74, 6) is -0.655. The van der Waals surface area contributed by atoms with Crippen LogP contribution in [0.2, 0.25) is 5.02 Å². The summed E-state index contributed by atoms with van der Waals surface area (Å²) in [5.41, 5.74) is 5.78. The number of rotatable bonds is 3. The van der Waals surface area contributed by atoms with Crippen molar-refractivity contribution in [2.75, 3.05) is 0 Å². The minimum absolute atomic E-state index is 0.0380. The van der Waals surface area contributed by atoms with Gasteiger partial charge in [-0.05, 0) is 29.8 Å². The highest BCUT2D eigenvalue weighted by Gasteiger charge is 2.12. The first kappa shape index (κ1) is 13.8. The number of primary amides is 1. The van der Waals surface area contributed by atoms with Gasteiger partial charge in [0, 0.05) is 5.02 Å². The predicted molar refractivity (Wildman–Crippen MR) is 75.1 cm³/mol. The summed E-state index contributed by atoms with van der Waals surface area (Å²) < 4.78 is 1.18. The molecule has 1 aromatic heterocycles. The first-order valence-electron chi connectivity index (χ1n) is 5.71. The lowest BCUT2D eigenvalue weighted by molar-refractivity contribution is -0.118. The third-order valence-corrected chi connectivity index (χ3v) is 3.00. The molecule has 0 atom stereocenters. The molecule has 5 nitrogen and oxygen atoms in total. The van der Waals surface area contributed by atoms with Crippen LogP contribution in [0.3, 0.4) is 0 Å². The topological polar surface area (TPSA) is 88.9 Å². The van der Waals surface area contributed by atoms with E-state index in [2.05, 4.69) is 0 Å². The zero-order valence-corrected chi connectivity index (χ0v) is 11.1. The average molecular weight is 288 g/mol. The fraction of sp³-hybridized carbons (Fsp3) is 0.0714. The van der Waals surface area contributed by atoms with Crippen molar-refractivity contribution in [3.8, 4) is 17.3 Å². The molecule has 0 fully saturated rings. The minimum atomic E-state index is -0.655. The standard InChI is InChI=1S/C14H10ClN3O2/c15-11-4-1-9(2-5-11)12-6-3-10(7-16)14(20)18(12)8-13(17)19/h1-6H,8H2,(H2,17,19). The number of carbonyl (C=O) groups is 1. The molecular formula is C14H10ClN3O2. The van der Waals surface area contributed by atoms with E-state index in [1.165, 1.54) is 10.6 Å². The third kappa shape index (κ3) is 2.71. The summed E-state index contributed by atoms with van der Waals surface area (Å²) in [6.07, 6.45) is 0. The second kappa shape index (κ2) is 5.59. The van der Waals surface area contributed by atoms with E-state index in [4.69, 9.17) is 22.6 Å². The van der Waals surface area contributed by atoms with Gasteiger partial charge in [-0.3, -0.25) is 14.2 Å². The fourth-order valence-electron chi connectivity index (χ4n) is 1.85. The summed E-state index contributed by atoms with van der Waals surface area (Å²) in [4.78, 5) is 23.2. The monoisotopic (exact) mass is 287 g/mol. The number of pyridine rings is 1. The van der Waals surface area contributed by atoms with E-state index < -0.39 is 11.5 Å². The SMILES string of the molecule is N#Cc1ccc(-c2ccc(Cl)cc2)n(CC(N)=O)c1=O. The Kier molecular flexibility index (Phi) is 3.87. The van der Waals surface area contributed by atoms with Crippen molar-refractivity contribution in [3.05, 3.63) is 57.3 Å². The summed E-state index contributed by atoms with van der Waals surface area (Å²) in [5, 5.41) is 9.44. The maximum atomic E-state index is 12.1. The normalized spacial score (nSPS) is 10.0. The Hall–Kier alpha value is -2.58. The van der Waals surface area contributed by atoms with Crippen LogP contribution in [0.1, 0.15) is 5.56 Å². The van der Waals surface area contributed by atoms with Crippen molar-refractivity contribution < 1.29 is 4.79 Å². The number of nitriles is 1. The summed E-state index contributed by atoms with van der Waals surface area (Å²) in [7, 11) is 0. The fourth-order valence-corrected chi connectivity index (χ4v) is 1.97. The van der Waals surface area contributed by atoms with Crippen LogP contribution < -0.4 is 11.3 Å². The van der Waals surface area contributed by atoms with Crippen molar-refractivity contribution >= 4 is 17.5 Å². The van der Waals surface area contributed by atoms with Crippen LogP contribution in [0, 0.1) is 11.3 Å². The van der Waals surface area contributed by atoms with Gasteiger partial charge in [0.05, 0.1) is 5.69 Å². The highest BCUT2D eigenvalue weighted by Crippen LogP contribution is 2.20. The molecule has 2 rings (SSSR count). The summed E-state index contributed by atoms with van der Waals surface area (Å²) in [6, 6.07) is 11.6. The number of nitrogens with two attached hydrogens (primary N) is 1. The molecule has 2 N–H and O–H groups in total. The molecule has 0 radical (unpaired) electrons. The van der Waals surface area contributed by atoms with Crippen molar-refractivity contribution in [2.45, 2.75) is 6.54 Å². The maximum absolute atomic E-state index is 12.1. The van der Waals surface area contributed by atoms with Crippen LogP contribution in [-0.4, -0.2) is 10.5 Å². The Morgan fingerprint density at radius 2 is 1.90 bits per heavy atom. The molecular weight excluding hydrogens is 278 g/mol. The number of hydrogen-bond donors (Lipinski definition) is 1. The van der Waals surface area contributed by atoms with Crippen LogP contribution in [0.25, 0.3) is 11.3 Å². The third-order valence-electron chi connectivity index (χ3n) is 2.75. The van der Waals surface area contributed by atoms with E-state index >= 15 is 0 Å². The number of benzene rings is 1. The highest BCUT2D eigenvalue weighted by atomic mass is 35.5. The van der Waals surface area contributed by atoms with Gasteiger partial charge in [-0.2, -0.15) is 5.26 Å². The number of carbonyl (C=O) groups excluding carboxylic acids is 1. The molecule has 0 bridgehead atoms. The van der Waals surface area contributed by atoms with E-state index in [-0.39, 0.29) is 12.1 Å². The zero-order chi connectivity index (χ0) is 14.7. The molecule has 1 aromatic carbocycles. The predicted octanol–water partition coefficient (Wildman–Crippen LogP) is 1.53. The van der Waals surface area contributed by atoms with Gasteiger partial charge in [0.2, 0.25) is 5.91 Å². The van der Waals surface area contributed by atoms with Crippen LogP contribution in [0.15, 0.2) is 41.2 Å². The molecule has 0 aliphatic carbocycles. The molecule has 0 saturated carbocycles. The number of nitrogens with zero attached hydrogens (tertiary/aromatic N) is 2. The van der Waals surface area contributed by atoms with Crippen molar-refractivity contribution in [1.82, 2.24) is 4.57 Å². The number of halogens is 1. The van der Waals surface area contributed by atoms with E-state index in [1.54, 1.807) is 36.4 Å².